The van der Waals surface area contributed by atoms with Gasteiger partial charge in [-0.25, -0.2) is 14.5 Å². The van der Waals surface area contributed by atoms with E-state index in [0.717, 1.165) is 0 Å². The molecule has 172 valence electrons. The molecular weight excluding hydrogens is 441 g/mol. The Labute approximate surface area is 186 Å². The Morgan fingerprint density at radius 2 is 1.85 bits per heavy atom. The highest BCUT2D eigenvalue weighted by molar-refractivity contribution is 5.91. The van der Waals surface area contributed by atoms with Crippen LogP contribution in [0.25, 0.3) is 10.9 Å². The highest BCUT2D eigenvalue weighted by atomic mass is 19.4. The molecule has 0 aliphatic carbocycles. The SMILES string of the molecule is COc1ccc2[nH]c3c(c2c1)C1CCN(C3C(=O)Oc2ccccc2)C1OC(=O)C(F)(F)F. The van der Waals surface area contributed by atoms with Gasteiger partial charge in [0.05, 0.1) is 7.11 Å². The Bertz CT molecular complexity index is 1220. The molecule has 5 rings (SSSR count). The van der Waals surface area contributed by atoms with E-state index in [1.54, 1.807) is 48.5 Å². The summed E-state index contributed by atoms with van der Waals surface area (Å²) in [6, 6.07) is 12.5. The van der Waals surface area contributed by atoms with Crippen LogP contribution < -0.4 is 9.47 Å². The number of carbonyl (C=O) groups excluding carboxylic acids is 2. The van der Waals surface area contributed by atoms with Gasteiger partial charge in [0.25, 0.3) is 0 Å². The lowest BCUT2D eigenvalue weighted by atomic mass is 9.89. The molecule has 0 radical (unpaired) electrons. The van der Waals surface area contributed by atoms with Crippen LogP contribution in [0, 0.1) is 0 Å². The van der Waals surface area contributed by atoms with Crippen LogP contribution in [0.1, 0.15) is 29.6 Å². The molecule has 10 heteroatoms. The van der Waals surface area contributed by atoms with E-state index in [4.69, 9.17) is 14.2 Å². The summed E-state index contributed by atoms with van der Waals surface area (Å²) in [5.74, 6) is -2.67. The van der Waals surface area contributed by atoms with Crippen LogP contribution in [0.15, 0.2) is 48.5 Å². The molecule has 4 atom stereocenters. The van der Waals surface area contributed by atoms with E-state index in [2.05, 4.69) is 4.98 Å². The number of nitrogens with zero attached hydrogens (tertiary/aromatic N) is 1. The first kappa shape index (κ1) is 21.3. The normalized spacial score (nSPS) is 23.8. The third-order valence-corrected chi connectivity index (χ3v) is 6.07. The Balaban J connectivity index is 1.61. The van der Waals surface area contributed by atoms with Crippen molar-refractivity contribution >= 4 is 22.8 Å². The number of esters is 2. The molecule has 2 bridgehead atoms. The Morgan fingerprint density at radius 1 is 1.09 bits per heavy atom. The van der Waals surface area contributed by atoms with Crippen molar-refractivity contribution in [2.45, 2.75) is 30.8 Å². The van der Waals surface area contributed by atoms with Gasteiger partial charge in [-0.3, -0.25) is 0 Å². The number of fused-ring (bicyclic) bond motifs is 6. The van der Waals surface area contributed by atoms with Crippen molar-refractivity contribution < 1.29 is 37.0 Å². The fourth-order valence-electron chi connectivity index (χ4n) is 4.71. The molecular formula is C23H19F3N2O5. The fourth-order valence-corrected chi connectivity index (χ4v) is 4.71. The van der Waals surface area contributed by atoms with Gasteiger partial charge < -0.3 is 19.2 Å². The summed E-state index contributed by atoms with van der Waals surface area (Å²) in [6.07, 6.45) is -6.00. The maximum atomic E-state index is 13.3. The van der Waals surface area contributed by atoms with Gasteiger partial charge in [0.2, 0.25) is 0 Å². The highest BCUT2D eigenvalue weighted by Gasteiger charge is 2.54. The first-order valence-corrected chi connectivity index (χ1v) is 10.3. The Kier molecular flexibility index (Phi) is 5.04. The summed E-state index contributed by atoms with van der Waals surface area (Å²) in [5, 5.41) is 0.696. The summed E-state index contributed by atoms with van der Waals surface area (Å²) in [7, 11) is 1.51. The topological polar surface area (TPSA) is 80.9 Å². The van der Waals surface area contributed by atoms with Crippen LogP contribution >= 0.6 is 0 Å². The second kappa shape index (κ2) is 7.80. The van der Waals surface area contributed by atoms with Crippen LogP contribution in [0.2, 0.25) is 0 Å². The molecule has 0 spiro atoms. The zero-order valence-corrected chi connectivity index (χ0v) is 17.4. The van der Waals surface area contributed by atoms with Gasteiger partial charge >= 0.3 is 18.1 Å². The van der Waals surface area contributed by atoms with Crippen LogP contribution in [-0.2, 0) is 14.3 Å². The Hall–Kier alpha value is -3.53. The highest BCUT2D eigenvalue weighted by Crippen LogP contribution is 2.50. The predicted octanol–water partition coefficient (Wildman–Crippen LogP) is 4.06. The van der Waals surface area contributed by atoms with Crippen LogP contribution in [0.5, 0.6) is 11.5 Å². The number of ether oxygens (including phenoxy) is 3. The number of methoxy groups -OCH3 is 1. The molecule has 1 aromatic heterocycles. The zero-order chi connectivity index (χ0) is 23.3. The molecule has 2 aliphatic rings. The molecule has 3 aromatic rings. The van der Waals surface area contributed by atoms with E-state index in [0.29, 0.717) is 40.1 Å². The summed E-state index contributed by atoms with van der Waals surface area (Å²) in [5.41, 5.74) is 1.83. The number of aromatic amines is 1. The third-order valence-electron chi connectivity index (χ3n) is 6.07. The summed E-state index contributed by atoms with van der Waals surface area (Å²) >= 11 is 0. The van der Waals surface area contributed by atoms with Crippen molar-refractivity contribution in [2.24, 2.45) is 0 Å². The summed E-state index contributed by atoms with van der Waals surface area (Å²) in [6.45, 7) is 0.253. The van der Waals surface area contributed by atoms with Crippen molar-refractivity contribution in [3.8, 4) is 11.5 Å². The molecule has 1 fully saturated rings. The molecule has 2 aromatic carbocycles. The van der Waals surface area contributed by atoms with Crippen molar-refractivity contribution in [3.63, 3.8) is 0 Å². The van der Waals surface area contributed by atoms with Crippen LogP contribution in [0.3, 0.4) is 0 Å². The lowest BCUT2D eigenvalue weighted by Gasteiger charge is -2.37. The molecule has 1 saturated heterocycles. The van der Waals surface area contributed by atoms with Crippen LogP contribution in [0.4, 0.5) is 13.2 Å². The van der Waals surface area contributed by atoms with Gasteiger partial charge in [-0.1, -0.05) is 18.2 Å². The second-order valence-corrected chi connectivity index (χ2v) is 7.93. The standard InChI is InChI=1S/C23H19F3N2O5/c1-31-13-7-8-16-15(11-13)17-14-9-10-28(20(14)33-22(30)23(24,25)26)19(18(17)27-16)21(29)32-12-5-3-2-4-6-12/h2-8,11,14,19-20,27H,9-10H2,1H3. The van der Waals surface area contributed by atoms with Gasteiger partial charge in [-0.2, -0.15) is 13.2 Å². The fraction of sp³-hybridized carbons (Fsp3) is 0.304. The number of rotatable bonds is 4. The van der Waals surface area contributed by atoms with E-state index in [1.807, 2.05) is 0 Å². The number of halogens is 3. The second-order valence-electron chi connectivity index (χ2n) is 7.93. The lowest BCUT2D eigenvalue weighted by Crippen LogP contribution is -2.47. The first-order valence-electron chi connectivity index (χ1n) is 10.3. The van der Waals surface area contributed by atoms with E-state index < -0.39 is 36.3 Å². The number of carbonyl (C=O) groups is 2. The minimum atomic E-state index is -5.15. The number of hydrogen-bond acceptors (Lipinski definition) is 6. The molecule has 0 amide bonds. The minimum Gasteiger partial charge on any atom is -0.497 e. The van der Waals surface area contributed by atoms with Crippen molar-refractivity contribution in [3.05, 3.63) is 59.8 Å². The molecule has 33 heavy (non-hydrogen) atoms. The quantitative estimate of drug-likeness (QED) is 0.467. The van der Waals surface area contributed by atoms with Gasteiger partial charge in [0.1, 0.15) is 11.5 Å². The van der Waals surface area contributed by atoms with Crippen molar-refractivity contribution in [2.75, 3.05) is 13.7 Å². The van der Waals surface area contributed by atoms with Gasteiger partial charge in [0, 0.05) is 29.1 Å². The number of para-hydroxylation sites is 1. The molecule has 7 nitrogen and oxygen atoms in total. The largest absolute Gasteiger partial charge is 0.497 e. The molecule has 4 unspecified atom stereocenters. The lowest BCUT2D eigenvalue weighted by molar-refractivity contribution is -0.214. The zero-order valence-electron chi connectivity index (χ0n) is 17.4. The average molecular weight is 460 g/mol. The predicted molar refractivity (Wildman–Crippen MR) is 110 cm³/mol. The number of alkyl halides is 3. The molecule has 3 heterocycles. The van der Waals surface area contributed by atoms with Crippen LogP contribution in [-0.4, -0.2) is 47.9 Å². The number of H-pyrrole nitrogens is 1. The Morgan fingerprint density at radius 3 is 2.55 bits per heavy atom. The van der Waals surface area contributed by atoms with Gasteiger partial charge in [-0.05, 0) is 42.3 Å². The van der Waals surface area contributed by atoms with Crippen molar-refractivity contribution in [1.29, 1.82) is 0 Å². The van der Waals surface area contributed by atoms with E-state index in [9.17, 15) is 22.8 Å². The number of benzene rings is 2. The number of nitrogens with one attached hydrogen (secondary N) is 1. The number of aromatic nitrogens is 1. The minimum absolute atomic E-state index is 0.253. The maximum Gasteiger partial charge on any atom is 0.490 e. The third kappa shape index (κ3) is 3.60. The maximum absolute atomic E-state index is 13.3. The molecule has 2 aliphatic heterocycles. The van der Waals surface area contributed by atoms with Gasteiger partial charge in [0.15, 0.2) is 12.3 Å². The number of hydrogen-bond donors (Lipinski definition) is 1. The summed E-state index contributed by atoms with van der Waals surface area (Å²) in [4.78, 5) is 29.7. The van der Waals surface area contributed by atoms with Gasteiger partial charge in [-0.15, -0.1) is 0 Å². The molecule has 0 saturated carbocycles. The monoisotopic (exact) mass is 460 g/mol. The summed E-state index contributed by atoms with van der Waals surface area (Å²) < 4.78 is 54.8. The van der Waals surface area contributed by atoms with Crippen molar-refractivity contribution in [1.82, 2.24) is 9.88 Å². The first-order chi connectivity index (χ1) is 15.8. The van der Waals surface area contributed by atoms with E-state index in [1.165, 1.54) is 12.0 Å². The van der Waals surface area contributed by atoms with E-state index in [-0.39, 0.29) is 6.54 Å². The average Bonchev–Trinajstić information content (AvgIpc) is 3.30. The molecule has 1 N–H and O–H groups in total. The smallest absolute Gasteiger partial charge is 0.490 e. The van der Waals surface area contributed by atoms with E-state index >= 15 is 0 Å².